The van der Waals surface area contributed by atoms with Crippen LogP contribution in [0.5, 0.6) is 0 Å². The van der Waals surface area contributed by atoms with Crippen LogP contribution in [-0.2, 0) is 27.7 Å². The second-order valence-electron chi connectivity index (χ2n) is 9.66. The average molecular weight is 531 g/mol. The van der Waals surface area contributed by atoms with Gasteiger partial charge < -0.3 is 5.32 Å². The molecule has 3 aromatic rings. The standard InChI is InChI=1S/C25H30N4O3S3/c1-16-9-11-29(12-10-16)35(31,32)19-6-4-18(5-7-19)28-22(30)14-33-24-23-20-8-3-17(2)13-21(20)34-25(23)27-15-26-24/h4-7,15-17H,3,8-14H2,1-2H3,(H,28,30). The summed E-state index contributed by atoms with van der Waals surface area (Å²) in [5.41, 5.74) is 1.93. The molecule has 0 radical (unpaired) electrons. The number of thioether (sulfide) groups is 1. The van der Waals surface area contributed by atoms with E-state index in [-0.39, 0.29) is 16.6 Å². The van der Waals surface area contributed by atoms with E-state index in [0.29, 0.717) is 30.6 Å². The van der Waals surface area contributed by atoms with E-state index in [2.05, 4.69) is 29.1 Å². The molecule has 1 aliphatic carbocycles. The summed E-state index contributed by atoms with van der Waals surface area (Å²) in [6, 6.07) is 6.45. The Morgan fingerprint density at radius 2 is 1.86 bits per heavy atom. The molecule has 0 bridgehead atoms. The number of thiophene rings is 1. The van der Waals surface area contributed by atoms with Crippen molar-refractivity contribution in [2.24, 2.45) is 11.8 Å². The highest BCUT2D eigenvalue weighted by Gasteiger charge is 2.28. The van der Waals surface area contributed by atoms with Gasteiger partial charge in [-0.05, 0) is 73.8 Å². The first-order chi connectivity index (χ1) is 16.8. The van der Waals surface area contributed by atoms with Crippen LogP contribution in [0.1, 0.15) is 43.6 Å². The van der Waals surface area contributed by atoms with Crippen molar-refractivity contribution >= 4 is 54.9 Å². The first kappa shape index (κ1) is 24.7. The molecule has 186 valence electrons. The lowest BCUT2D eigenvalue weighted by Gasteiger charge is -2.29. The molecule has 10 heteroatoms. The number of aromatic nitrogens is 2. The quantitative estimate of drug-likeness (QED) is 0.357. The number of nitrogens with zero attached hydrogens (tertiary/aromatic N) is 3. The molecular weight excluding hydrogens is 501 g/mol. The summed E-state index contributed by atoms with van der Waals surface area (Å²) >= 11 is 3.17. The Labute approximate surface area is 214 Å². The molecule has 5 rings (SSSR count). The summed E-state index contributed by atoms with van der Waals surface area (Å²) in [6.45, 7) is 5.56. The van der Waals surface area contributed by atoms with Gasteiger partial charge in [0.25, 0.3) is 0 Å². The topological polar surface area (TPSA) is 92.3 Å². The molecule has 1 atom stereocenters. The van der Waals surface area contributed by atoms with Crippen molar-refractivity contribution in [2.45, 2.75) is 55.9 Å². The zero-order valence-corrected chi connectivity index (χ0v) is 22.4. The SMILES string of the molecule is CC1CCN(S(=O)(=O)c2ccc(NC(=O)CSc3ncnc4sc5c(c34)CCC(C)C5)cc2)CC1. The molecule has 1 amide bonds. The number of carbonyl (C=O) groups excluding carboxylic acids is 1. The molecule has 1 N–H and O–H groups in total. The van der Waals surface area contributed by atoms with Crippen molar-refractivity contribution in [1.82, 2.24) is 14.3 Å². The minimum absolute atomic E-state index is 0.153. The van der Waals surface area contributed by atoms with Crippen LogP contribution in [0.2, 0.25) is 0 Å². The largest absolute Gasteiger partial charge is 0.325 e. The lowest BCUT2D eigenvalue weighted by Crippen LogP contribution is -2.37. The molecule has 0 saturated carbocycles. The van der Waals surface area contributed by atoms with E-state index in [4.69, 9.17) is 0 Å². The van der Waals surface area contributed by atoms with Crippen LogP contribution in [0.4, 0.5) is 5.69 Å². The summed E-state index contributed by atoms with van der Waals surface area (Å²) in [6.07, 6.45) is 6.64. The van der Waals surface area contributed by atoms with Crippen LogP contribution < -0.4 is 5.32 Å². The third kappa shape index (κ3) is 5.26. The van der Waals surface area contributed by atoms with Crippen molar-refractivity contribution in [3.63, 3.8) is 0 Å². The van der Waals surface area contributed by atoms with Crippen LogP contribution >= 0.6 is 23.1 Å². The van der Waals surface area contributed by atoms with Crippen molar-refractivity contribution in [2.75, 3.05) is 24.2 Å². The van der Waals surface area contributed by atoms with Crippen LogP contribution in [-0.4, -0.2) is 47.4 Å². The maximum absolute atomic E-state index is 12.9. The van der Waals surface area contributed by atoms with Gasteiger partial charge in [-0.15, -0.1) is 11.3 Å². The molecule has 1 aliphatic heterocycles. The van der Waals surface area contributed by atoms with E-state index >= 15 is 0 Å². The van der Waals surface area contributed by atoms with Gasteiger partial charge >= 0.3 is 0 Å². The van der Waals surface area contributed by atoms with Crippen LogP contribution in [0.25, 0.3) is 10.2 Å². The Hall–Kier alpha value is -2.01. The van der Waals surface area contributed by atoms with Gasteiger partial charge in [0, 0.05) is 29.0 Å². The van der Waals surface area contributed by atoms with Crippen LogP contribution in [0.15, 0.2) is 40.5 Å². The van der Waals surface area contributed by atoms with E-state index in [1.165, 1.54) is 28.6 Å². The van der Waals surface area contributed by atoms with E-state index < -0.39 is 10.0 Å². The number of hydrogen-bond acceptors (Lipinski definition) is 7. The van der Waals surface area contributed by atoms with Gasteiger partial charge in [0.1, 0.15) is 16.2 Å². The minimum atomic E-state index is -3.50. The average Bonchev–Trinajstić information content (AvgIpc) is 3.21. The van der Waals surface area contributed by atoms with Crippen LogP contribution in [0.3, 0.4) is 0 Å². The molecular formula is C25H30N4O3S3. The molecule has 1 unspecified atom stereocenters. The maximum atomic E-state index is 12.9. The smallest absolute Gasteiger partial charge is 0.243 e. The fourth-order valence-electron chi connectivity index (χ4n) is 4.77. The maximum Gasteiger partial charge on any atom is 0.243 e. The second-order valence-corrected chi connectivity index (χ2v) is 13.6. The van der Waals surface area contributed by atoms with Gasteiger partial charge in [0.15, 0.2) is 0 Å². The monoisotopic (exact) mass is 530 g/mol. The Kier molecular flexibility index (Phi) is 7.16. The molecule has 1 saturated heterocycles. The predicted molar refractivity (Wildman–Crippen MR) is 142 cm³/mol. The molecule has 1 aromatic carbocycles. The number of aryl methyl sites for hydroxylation is 1. The van der Waals surface area contributed by atoms with Gasteiger partial charge in [-0.3, -0.25) is 4.79 Å². The Morgan fingerprint density at radius 3 is 2.60 bits per heavy atom. The Bertz CT molecular complexity index is 1330. The number of sulfonamides is 1. The molecule has 3 heterocycles. The summed E-state index contributed by atoms with van der Waals surface area (Å²) in [5.74, 6) is 1.32. The summed E-state index contributed by atoms with van der Waals surface area (Å²) in [5, 5.41) is 4.84. The first-order valence-corrected chi connectivity index (χ1v) is 15.3. The number of nitrogens with one attached hydrogen (secondary N) is 1. The fourth-order valence-corrected chi connectivity index (χ4v) is 8.48. The summed E-state index contributed by atoms with van der Waals surface area (Å²) in [4.78, 5) is 24.3. The van der Waals surface area contributed by atoms with E-state index in [0.717, 1.165) is 40.9 Å². The number of fused-ring (bicyclic) bond motifs is 3. The fraction of sp³-hybridized carbons (Fsp3) is 0.480. The zero-order valence-electron chi connectivity index (χ0n) is 20.0. The third-order valence-corrected chi connectivity index (χ3v) is 11.0. The molecule has 0 spiro atoms. The normalized spacial score (nSPS) is 19.5. The van der Waals surface area contributed by atoms with E-state index in [9.17, 15) is 13.2 Å². The Balaban J connectivity index is 1.22. The van der Waals surface area contributed by atoms with Crippen molar-refractivity contribution in [1.29, 1.82) is 0 Å². The molecule has 2 aliphatic rings. The van der Waals surface area contributed by atoms with E-state index in [1.807, 2.05) is 0 Å². The first-order valence-electron chi connectivity index (χ1n) is 12.1. The van der Waals surface area contributed by atoms with Gasteiger partial charge in [0.2, 0.25) is 15.9 Å². The molecule has 35 heavy (non-hydrogen) atoms. The number of rotatable bonds is 6. The van der Waals surface area contributed by atoms with Crippen molar-refractivity contribution < 1.29 is 13.2 Å². The predicted octanol–water partition coefficient (Wildman–Crippen LogP) is 4.97. The lowest BCUT2D eigenvalue weighted by molar-refractivity contribution is -0.113. The van der Waals surface area contributed by atoms with Gasteiger partial charge in [-0.1, -0.05) is 25.6 Å². The summed E-state index contributed by atoms with van der Waals surface area (Å²) in [7, 11) is -3.50. The number of benzene rings is 1. The highest BCUT2D eigenvalue weighted by Crippen LogP contribution is 2.40. The number of amides is 1. The highest BCUT2D eigenvalue weighted by molar-refractivity contribution is 8.00. The number of anilines is 1. The third-order valence-electron chi connectivity index (χ3n) is 6.92. The highest BCUT2D eigenvalue weighted by atomic mass is 32.2. The number of hydrogen-bond donors (Lipinski definition) is 1. The van der Waals surface area contributed by atoms with Crippen molar-refractivity contribution in [3.05, 3.63) is 41.0 Å². The zero-order chi connectivity index (χ0) is 24.6. The summed E-state index contributed by atoms with van der Waals surface area (Å²) < 4.78 is 27.4. The van der Waals surface area contributed by atoms with Crippen LogP contribution in [0, 0.1) is 11.8 Å². The minimum Gasteiger partial charge on any atom is -0.325 e. The number of piperidine rings is 1. The molecule has 7 nitrogen and oxygen atoms in total. The van der Waals surface area contributed by atoms with Gasteiger partial charge in [-0.2, -0.15) is 4.31 Å². The Morgan fingerprint density at radius 1 is 1.11 bits per heavy atom. The molecule has 1 fully saturated rings. The number of carbonyl (C=O) groups is 1. The lowest BCUT2D eigenvalue weighted by atomic mass is 9.89. The van der Waals surface area contributed by atoms with Crippen molar-refractivity contribution in [3.8, 4) is 0 Å². The van der Waals surface area contributed by atoms with Gasteiger partial charge in [0.05, 0.1) is 10.6 Å². The van der Waals surface area contributed by atoms with Gasteiger partial charge in [-0.25, -0.2) is 18.4 Å². The molecule has 2 aromatic heterocycles. The van der Waals surface area contributed by atoms with E-state index in [1.54, 1.807) is 46.2 Å². The second kappa shape index (κ2) is 10.2.